The lowest BCUT2D eigenvalue weighted by Crippen LogP contribution is -2.45. The van der Waals surface area contributed by atoms with Gasteiger partial charge in [-0.15, -0.1) is 0 Å². The number of carbonyl (C=O) groups excluding carboxylic acids is 3. The summed E-state index contributed by atoms with van der Waals surface area (Å²) in [4.78, 5) is 45.6. The van der Waals surface area contributed by atoms with E-state index >= 15 is 0 Å². The van der Waals surface area contributed by atoms with Gasteiger partial charge >= 0.3 is 0 Å². The number of rotatable bonds is 6. The van der Waals surface area contributed by atoms with Gasteiger partial charge in [0.2, 0.25) is 11.8 Å². The van der Waals surface area contributed by atoms with Gasteiger partial charge in [-0.1, -0.05) is 6.07 Å². The molecule has 1 aromatic rings. The van der Waals surface area contributed by atoms with Crippen molar-refractivity contribution in [3.63, 3.8) is 0 Å². The Morgan fingerprint density at radius 3 is 2.73 bits per heavy atom. The molecular formula is C23H31N5O5. The molecule has 33 heavy (non-hydrogen) atoms. The summed E-state index contributed by atoms with van der Waals surface area (Å²) in [5.74, 6) is -0.154. The SMILES string of the molecule is CN1N=C(C(=O)N2CC(=O)N(CC3CCOCC3)CC(OCc3cccnc3)C2)CCC1=O. The Labute approximate surface area is 193 Å². The molecule has 4 heterocycles. The minimum Gasteiger partial charge on any atom is -0.381 e. The lowest BCUT2D eigenvalue weighted by atomic mass is 9.99. The average molecular weight is 458 g/mol. The van der Waals surface area contributed by atoms with E-state index in [1.54, 1.807) is 12.4 Å². The zero-order chi connectivity index (χ0) is 23.2. The van der Waals surface area contributed by atoms with Crippen molar-refractivity contribution in [1.29, 1.82) is 0 Å². The highest BCUT2D eigenvalue weighted by atomic mass is 16.5. The summed E-state index contributed by atoms with van der Waals surface area (Å²) < 4.78 is 11.6. The second kappa shape index (κ2) is 10.8. The van der Waals surface area contributed by atoms with E-state index in [2.05, 4.69) is 10.1 Å². The van der Waals surface area contributed by atoms with Gasteiger partial charge in [-0.25, -0.2) is 5.01 Å². The topological polar surface area (TPSA) is 105 Å². The maximum Gasteiger partial charge on any atom is 0.270 e. The van der Waals surface area contributed by atoms with Crippen molar-refractivity contribution >= 4 is 23.4 Å². The lowest BCUT2D eigenvalue weighted by Gasteiger charge is -2.30. The van der Waals surface area contributed by atoms with Crippen molar-refractivity contribution in [2.75, 3.05) is 46.4 Å². The van der Waals surface area contributed by atoms with Crippen LogP contribution >= 0.6 is 0 Å². The van der Waals surface area contributed by atoms with Crippen molar-refractivity contribution in [1.82, 2.24) is 19.8 Å². The van der Waals surface area contributed by atoms with Gasteiger partial charge in [-0.05, 0) is 30.4 Å². The van der Waals surface area contributed by atoms with Gasteiger partial charge in [-0.3, -0.25) is 19.4 Å². The van der Waals surface area contributed by atoms with Crippen LogP contribution in [0.15, 0.2) is 29.6 Å². The summed E-state index contributed by atoms with van der Waals surface area (Å²) >= 11 is 0. The molecule has 178 valence electrons. The molecule has 0 radical (unpaired) electrons. The monoisotopic (exact) mass is 457 g/mol. The molecule has 2 saturated heterocycles. The van der Waals surface area contributed by atoms with Crippen molar-refractivity contribution in [2.45, 2.75) is 38.4 Å². The summed E-state index contributed by atoms with van der Waals surface area (Å²) in [5.41, 5.74) is 1.23. The standard InChI is InChI=1S/C23H31N5O5/c1-26-21(29)5-4-20(25-26)23(31)28-14-19(33-16-18-3-2-8-24-11-18)13-27(22(30)15-28)12-17-6-9-32-10-7-17/h2-3,8,11,17,19H,4-7,9-10,12-16H2,1H3. The van der Waals surface area contributed by atoms with Crippen LogP contribution in [0, 0.1) is 5.92 Å². The zero-order valence-electron chi connectivity index (χ0n) is 19.0. The first-order valence-electron chi connectivity index (χ1n) is 11.5. The van der Waals surface area contributed by atoms with Crippen LogP contribution in [-0.2, 0) is 30.5 Å². The Morgan fingerprint density at radius 2 is 2.00 bits per heavy atom. The second-order valence-corrected chi connectivity index (χ2v) is 8.80. The van der Waals surface area contributed by atoms with Crippen LogP contribution in [0.4, 0.5) is 0 Å². The van der Waals surface area contributed by atoms with Crippen molar-refractivity contribution in [3.8, 4) is 0 Å². The van der Waals surface area contributed by atoms with Gasteiger partial charge < -0.3 is 19.3 Å². The molecule has 3 amide bonds. The van der Waals surface area contributed by atoms with E-state index in [4.69, 9.17) is 9.47 Å². The minimum absolute atomic E-state index is 0.0223. The van der Waals surface area contributed by atoms with E-state index in [0.717, 1.165) is 18.4 Å². The Kier molecular flexibility index (Phi) is 7.66. The number of aromatic nitrogens is 1. The summed E-state index contributed by atoms with van der Waals surface area (Å²) in [6, 6.07) is 3.78. The van der Waals surface area contributed by atoms with Gasteiger partial charge in [0.15, 0.2) is 0 Å². The minimum atomic E-state index is -0.344. The first-order valence-corrected chi connectivity index (χ1v) is 11.5. The highest BCUT2D eigenvalue weighted by Gasteiger charge is 2.35. The third kappa shape index (κ3) is 6.14. The van der Waals surface area contributed by atoms with Crippen LogP contribution in [-0.4, -0.2) is 95.8 Å². The largest absolute Gasteiger partial charge is 0.381 e. The molecule has 3 aliphatic heterocycles. The molecule has 1 aromatic heterocycles. The molecular weight excluding hydrogens is 426 g/mol. The summed E-state index contributed by atoms with van der Waals surface area (Å²) in [5, 5.41) is 5.35. The second-order valence-electron chi connectivity index (χ2n) is 8.80. The van der Waals surface area contributed by atoms with Crippen LogP contribution in [0.2, 0.25) is 0 Å². The summed E-state index contributed by atoms with van der Waals surface area (Å²) in [6.45, 7) is 3.09. The normalized spacial score (nSPS) is 22.9. The van der Waals surface area contributed by atoms with Crippen LogP contribution in [0.1, 0.15) is 31.2 Å². The zero-order valence-corrected chi connectivity index (χ0v) is 19.0. The number of hydrogen-bond donors (Lipinski definition) is 0. The number of hydrazone groups is 1. The molecule has 2 fully saturated rings. The van der Waals surface area contributed by atoms with Gasteiger partial charge in [0, 0.05) is 65.1 Å². The number of nitrogens with zero attached hydrogens (tertiary/aromatic N) is 5. The van der Waals surface area contributed by atoms with Gasteiger partial charge in [0.25, 0.3) is 5.91 Å². The molecule has 0 spiro atoms. The predicted octanol–water partition coefficient (Wildman–Crippen LogP) is 0.672. The third-order valence-corrected chi connectivity index (χ3v) is 6.30. The number of ether oxygens (including phenoxy) is 2. The molecule has 1 unspecified atom stereocenters. The molecule has 1 atom stereocenters. The average Bonchev–Trinajstić information content (AvgIpc) is 2.99. The molecule has 10 nitrogen and oxygen atoms in total. The number of carbonyl (C=O) groups is 3. The molecule has 0 N–H and O–H groups in total. The Balaban J connectivity index is 1.48. The van der Waals surface area contributed by atoms with Crippen molar-refractivity contribution in [3.05, 3.63) is 30.1 Å². The molecule has 0 aromatic carbocycles. The number of amides is 3. The maximum atomic E-state index is 13.2. The predicted molar refractivity (Wildman–Crippen MR) is 119 cm³/mol. The van der Waals surface area contributed by atoms with Crippen molar-refractivity contribution in [2.24, 2.45) is 11.0 Å². The molecule has 3 aliphatic rings. The van der Waals surface area contributed by atoms with Gasteiger partial charge in [0.05, 0.1) is 12.7 Å². The third-order valence-electron chi connectivity index (χ3n) is 6.30. The van der Waals surface area contributed by atoms with E-state index in [-0.39, 0.29) is 49.8 Å². The Morgan fingerprint density at radius 1 is 1.18 bits per heavy atom. The molecule has 10 heteroatoms. The van der Waals surface area contributed by atoms with Crippen LogP contribution in [0.5, 0.6) is 0 Å². The quantitative estimate of drug-likeness (QED) is 0.622. The highest BCUT2D eigenvalue weighted by Crippen LogP contribution is 2.20. The van der Waals surface area contributed by atoms with Crippen LogP contribution in [0.25, 0.3) is 0 Å². The highest BCUT2D eigenvalue weighted by molar-refractivity contribution is 6.39. The Hall–Kier alpha value is -2.85. The summed E-state index contributed by atoms with van der Waals surface area (Å²) in [7, 11) is 1.54. The van der Waals surface area contributed by atoms with E-state index in [9.17, 15) is 14.4 Å². The number of pyridine rings is 1. The van der Waals surface area contributed by atoms with Gasteiger partial charge in [0.1, 0.15) is 12.3 Å². The molecule has 0 aliphatic carbocycles. The van der Waals surface area contributed by atoms with Gasteiger partial charge in [-0.2, -0.15) is 5.10 Å². The van der Waals surface area contributed by atoms with E-state index in [1.807, 2.05) is 17.0 Å². The first kappa shape index (κ1) is 23.3. The summed E-state index contributed by atoms with van der Waals surface area (Å²) in [6.07, 6.45) is 5.46. The fraction of sp³-hybridized carbons (Fsp3) is 0.609. The number of hydrogen-bond acceptors (Lipinski definition) is 7. The maximum absolute atomic E-state index is 13.2. The molecule has 0 saturated carbocycles. The smallest absolute Gasteiger partial charge is 0.270 e. The van der Waals surface area contributed by atoms with E-state index < -0.39 is 0 Å². The van der Waals surface area contributed by atoms with E-state index in [0.29, 0.717) is 44.5 Å². The molecule has 4 rings (SSSR count). The molecule has 0 bridgehead atoms. The fourth-order valence-corrected chi connectivity index (χ4v) is 4.36. The lowest BCUT2D eigenvalue weighted by molar-refractivity contribution is -0.136. The van der Waals surface area contributed by atoms with Crippen molar-refractivity contribution < 1.29 is 23.9 Å². The first-order chi connectivity index (χ1) is 16.0. The van der Waals surface area contributed by atoms with E-state index in [1.165, 1.54) is 17.0 Å². The van der Waals surface area contributed by atoms with Crippen LogP contribution in [0.3, 0.4) is 0 Å². The van der Waals surface area contributed by atoms with Crippen LogP contribution < -0.4 is 0 Å². The fourth-order valence-electron chi connectivity index (χ4n) is 4.36. The Bertz CT molecular complexity index is 886.